The number of nitrogens with zero attached hydrogens (tertiary/aromatic N) is 1. The first-order valence-electron chi connectivity index (χ1n) is 8.25. The van der Waals surface area contributed by atoms with Crippen LogP contribution in [0.25, 0.3) is 0 Å². The molecule has 2 rings (SSSR count). The van der Waals surface area contributed by atoms with Crippen molar-refractivity contribution in [3.8, 4) is 0 Å². The summed E-state index contributed by atoms with van der Waals surface area (Å²) in [6, 6.07) is 8.47. The van der Waals surface area contributed by atoms with E-state index in [0.29, 0.717) is 32.6 Å². The molecule has 5 nitrogen and oxygen atoms in total. The molecule has 126 valence electrons. The van der Waals surface area contributed by atoms with E-state index in [-0.39, 0.29) is 17.4 Å². The van der Waals surface area contributed by atoms with Crippen molar-refractivity contribution in [2.75, 3.05) is 26.2 Å². The summed E-state index contributed by atoms with van der Waals surface area (Å²) in [5, 5.41) is 5.70. The highest BCUT2D eigenvalue weighted by Crippen LogP contribution is 2.22. The van der Waals surface area contributed by atoms with Crippen molar-refractivity contribution >= 4 is 11.9 Å². The predicted octanol–water partition coefficient (Wildman–Crippen LogP) is 2.06. The van der Waals surface area contributed by atoms with Gasteiger partial charge in [-0.1, -0.05) is 45.0 Å². The van der Waals surface area contributed by atoms with Gasteiger partial charge in [0.15, 0.2) is 0 Å². The fourth-order valence-corrected chi connectivity index (χ4v) is 2.57. The molecule has 0 atom stereocenters. The quantitative estimate of drug-likeness (QED) is 0.896. The Morgan fingerprint density at radius 3 is 2.57 bits per heavy atom. The van der Waals surface area contributed by atoms with Gasteiger partial charge in [-0.3, -0.25) is 4.79 Å². The minimum atomic E-state index is -0.0900. The molecule has 3 amide bonds. The van der Waals surface area contributed by atoms with Gasteiger partial charge in [-0.25, -0.2) is 4.79 Å². The van der Waals surface area contributed by atoms with Crippen LogP contribution < -0.4 is 10.6 Å². The Morgan fingerprint density at radius 1 is 1.22 bits per heavy atom. The van der Waals surface area contributed by atoms with Crippen molar-refractivity contribution < 1.29 is 9.59 Å². The summed E-state index contributed by atoms with van der Waals surface area (Å²) in [6.45, 7) is 8.77. The molecular weight excluding hydrogens is 290 g/mol. The van der Waals surface area contributed by atoms with Crippen molar-refractivity contribution in [3.63, 3.8) is 0 Å². The molecule has 0 unspecified atom stereocenters. The first-order chi connectivity index (χ1) is 10.9. The third-order valence-corrected chi connectivity index (χ3v) is 4.11. The van der Waals surface area contributed by atoms with Gasteiger partial charge < -0.3 is 15.5 Å². The molecule has 1 aromatic carbocycles. The van der Waals surface area contributed by atoms with Crippen LogP contribution >= 0.6 is 0 Å². The maximum atomic E-state index is 12.1. The van der Waals surface area contributed by atoms with Crippen LogP contribution in [0, 0.1) is 0 Å². The summed E-state index contributed by atoms with van der Waals surface area (Å²) in [4.78, 5) is 25.1. The monoisotopic (exact) mass is 317 g/mol. The van der Waals surface area contributed by atoms with Crippen LogP contribution in [0.4, 0.5) is 4.79 Å². The van der Waals surface area contributed by atoms with Crippen LogP contribution in [-0.4, -0.2) is 43.0 Å². The Balaban J connectivity index is 1.78. The number of amides is 3. The standard InChI is InChI=1S/C18H27N3O2/c1-18(2,3)15-6-4-14(5-7-15)8-10-20-17(23)21-12-9-16(22)19-11-13-21/h4-7H,8-13H2,1-3H3,(H,19,22)(H,20,23). The summed E-state index contributed by atoms with van der Waals surface area (Å²) in [7, 11) is 0. The Bertz CT molecular complexity index is 546. The number of nitrogens with one attached hydrogen (secondary N) is 2. The lowest BCUT2D eigenvalue weighted by atomic mass is 9.86. The number of urea groups is 1. The van der Waals surface area contributed by atoms with E-state index in [4.69, 9.17) is 0 Å². The largest absolute Gasteiger partial charge is 0.354 e. The Labute approximate surface area is 138 Å². The molecule has 0 bridgehead atoms. The second-order valence-electron chi connectivity index (χ2n) is 7.02. The van der Waals surface area contributed by atoms with Gasteiger partial charge in [0.05, 0.1) is 0 Å². The molecule has 1 heterocycles. The minimum Gasteiger partial charge on any atom is -0.354 e. The molecule has 5 heteroatoms. The lowest BCUT2D eigenvalue weighted by Gasteiger charge is -2.20. The third-order valence-electron chi connectivity index (χ3n) is 4.11. The predicted molar refractivity (Wildman–Crippen MR) is 91.4 cm³/mol. The number of rotatable bonds is 3. The first kappa shape index (κ1) is 17.3. The van der Waals surface area contributed by atoms with Crippen molar-refractivity contribution in [3.05, 3.63) is 35.4 Å². The highest BCUT2D eigenvalue weighted by molar-refractivity contribution is 5.79. The van der Waals surface area contributed by atoms with Crippen molar-refractivity contribution in [2.24, 2.45) is 0 Å². The van der Waals surface area contributed by atoms with Crippen LogP contribution in [0.15, 0.2) is 24.3 Å². The normalized spacial score (nSPS) is 15.8. The second kappa shape index (κ2) is 7.49. The van der Waals surface area contributed by atoms with Crippen molar-refractivity contribution in [1.29, 1.82) is 0 Å². The molecule has 0 radical (unpaired) electrons. The number of benzene rings is 1. The summed E-state index contributed by atoms with van der Waals surface area (Å²) < 4.78 is 0. The van der Waals surface area contributed by atoms with Crippen molar-refractivity contribution in [1.82, 2.24) is 15.5 Å². The maximum Gasteiger partial charge on any atom is 0.317 e. The average molecular weight is 317 g/mol. The van der Waals surface area contributed by atoms with Crippen LogP contribution in [0.3, 0.4) is 0 Å². The third kappa shape index (κ3) is 5.27. The van der Waals surface area contributed by atoms with E-state index in [2.05, 4.69) is 55.7 Å². The highest BCUT2D eigenvalue weighted by Gasteiger charge is 2.17. The fourth-order valence-electron chi connectivity index (χ4n) is 2.57. The number of carbonyl (C=O) groups excluding carboxylic acids is 2. The van der Waals surface area contributed by atoms with Gasteiger partial charge in [0.1, 0.15) is 0 Å². The van der Waals surface area contributed by atoms with Gasteiger partial charge in [-0.05, 0) is 23.0 Å². The van der Waals surface area contributed by atoms with E-state index in [9.17, 15) is 9.59 Å². The Kier molecular flexibility index (Phi) is 5.64. The molecule has 1 aromatic rings. The molecule has 0 spiro atoms. The van der Waals surface area contributed by atoms with Gasteiger partial charge >= 0.3 is 6.03 Å². The fraction of sp³-hybridized carbons (Fsp3) is 0.556. The first-order valence-corrected chi connectivity index (χ1v) is 8.25. The van der Waals surface area contributed by atoms with Gasteiger partial charge in [0.2, 0.25) is 5.91 Å². The molecule has 0 aromatic heterocycles. The van der Waals surface area contributed by atoms with Crippen LogP contribution in [0.2, 0.25) is 0 Å². The molecular formula is C18H27N3O2. The Morgan fingerprint density at radius 2 is 1.91 bits per heavy atom. The molecule has 23 heavy (non-hydrogen) atoms. The SMILES string of the molecule is CC(C)(C)c1ccc(CCNC(=O)N2CCNC(=O)CC2)cc1. The molecule has 0 saturated carbocycles. The summed E-state index contributed by atoms with van der Waals surface area (Å²) in [5.74, 6) is 0.0132. The smallest absolute Gasteiger partial charge is 0.317 e. The zero-order chi connectivity index (χ0) is 16.9. The van der Waals surface area contributed by atoms with Crippen LogP contribution in [0.5, 0.6) is 0 Å². The van der Waals surface area contributed by atoms with E-state index in [0.717, 1.165) is 6.42 Å². The summed E-state index contributed by atoms with van der Waals surface area (Å²) in [5.41, 5.74) is 2.68. The lowest BCUT2D eigenvalue weighted by Crippen LogP contribution is -2.42. The molecule has 2 N–H and O–H groups in total. The topological polar surface area (TPSA) is 61.4 Å². The zero-order valence-electron chi connectivity index (χ0n) is 14.3. The molecule has 0 aliphatic carbocycles. The van der Waals surface area contributed by atoms with Crippen LogP contribution in [-0.2, 0) is 16.6 Å². The van der Waals surface area contributed by atoms with E-state index in [1.807, 2.05) is 0 Å². The summed E-state index contributed by atoms with van der Waals surface area (Å²) in [6.07, 6.45) is 1.18. The lowest BCUT2D eigenvalue weighted by molar-refractivity contribution is -0.120. The highest BCUT2D eigenvalue weighted by atomic mass is 16.2. The van der Waals surface area contributed by atoms with Gasteiger partial charge in [0, 0.05) is 32.6 Å². The molecule has 1 aliphatic heterocycles. The minimum absolute atomic E-state index is 0.0132. The maximum absolute atomic E-state index is 12.1. The Hall–Kier alpha value is -2.04. The van der Waals surface area contributed by atoms with E-state index in [1.54, 1.807) is 4.90 Å². The van der Waals surface area contributed by atoms with E-state index in [1.165, 1.54) is 11.1 Å². The van der Waals surface area contributed by atoms with E-state index >= 15 is 0 Å². The summed E-state index contributed by atoms with van der Waals surface area (Å²) >= 11 is 0. The van der Waals surface area contributed by atoms with E-state index < -0.39 is 0 Å². The van der Waals surface area contributed by atoms with Gasteiger partial charge in [-0.15, -0.1) is 0 Å². The number of hydrogen-bond acceptors (Lipinski definition) is 2. The zero-order valence-corrected chi connectivity index (χ0v) is 14.3. The van der Waals surface area contributed by atoms with Gasteiger partial charge in [-0.2, -0.15) is 0 Å². The van der Waals surface area contributed by atoms with Crippen LogP contribution in [0.1, 0.15) is 38.3 Å². The molecule has 1 saturated heterocycles. The van der Waals surface area contributed by atoms with Gasteiger partial charge in [0.25, 0.3) is 0 Å². The van der Waals surface area contributed by atoms with Crippen molar-refractivity contribution in [2.45, 2.75) is 39.0 Å². The average Bonchev–Trinajstić information content (AvgIpc) is 2.71. The number of hydrogen-bond donors (Lipinski definition) is 2. The second-order valence-corrected chi connectivity index (χ2v) is 7.02. The molecule has 1 aliphatic rings. The molecule has 1 fully saturated rings. The number of carbonyl (C=O) groups is 2.